The molecule has 1 aliphatic heterocycles. The van der Waals surface area contributed by atoms with Crippen LogP contribution in [0.4, 0.5) is 5.82 Å². The predicted molar refractivity (Wildman–Crippen MR) is 144 cm³/mol. The van der Waals surface area contributed by atoms with Gasteiger partial charge in [-0.25, -0.2) is 9.97 Å². The number of hydrogen-bond donors (Lipinski definition) is 3. The summed E-state index contributed by atoms with van der Waals surface area (Å²) < 4.78 is 0. The second kappa shape index (κ2) is 8.29. The summed E-state index contributed by atoms with van der Waals surface area (Å²) in [4.78, 5) is 37.5. The molecule has 0 aromatic carbocycles. The first-order valence-corrected chi connectivity index (χ1v) is 12.6. The number of rotatable bonds is 5. The number of nitrogens with one attached hydrogen (secondary N) is 2. The lowest BCUT2D eigenvalue weighted by atomic mass is 10.1. The zero-order valence-electron chi connectivity index (χ0n) is 19.8. The van der Waals surface area contributed by atoms with Crippen LogP contribution in [0.25, 0.3) is 55.2 Å². The van der Waals surface area contributed by atoms with Gasteiger partial charge in [0, 0.05) is 41.2 Å². The Balaban J connectivity index is 1.29. The van der Waals surface area contributed by atoms with Crippen molar-refractivity contribution in [3.05, 3.63) is 60.0 Å². The van der Waals surface area contributed by atoms with Crippen molar-refractivity contribution in [1.82, 2.24) is 35.1 Å². The van der Waals surface area contributed by atoms with Crippen molar-refractivity contribution in [2.75, 3.05) is 18.0 Å². The standard InChI is InChI=1S/C26H21N9OS/c1-13(36)22-4-5-23(37-22)16-7-28-8-20-15(16)6-19(30-20)26-25-18(33-34-26)3-2-17(32-25)21-9-29-10-24(31-21)35-11-14(27)12-35/h2-10,14,30H,11-12,27H2,1H3,(H,33,34). The molecule has 1 saturated heterocycles. The average molecular weight is 508 g/mol. The predicted octanol–water partition coefficient (Wildman–Crippen LogP) is 4.04. The zero-order valence-corrected chi connectivity index (χ0v) is 20.6. The third kappa shape index (κ3) is 3.67. The maximum Gasteiger partial charge on any atom is 0.169 e. The Morgan fingerprint density at radius 2 is 1.89 bits per heavy atom. The Morgan fingerprint density at radius 3 is 2.70 bits per heavy atom. The van der Waals surface area contributed by atoms with E-state index in [1.165, 1.54) is 11.3 Å². The van der Waals surface area contributed by atoms with E-state index in [4.69, 9.17) is 15.7 Å². The normalized spacial score (nSPS) is 13.9. The molecule has 37 heavy (non-hydrogen) atoms. The molecule has 0 radical (unpaired) electrons. The van der Waals surface area contributed by atoms with Gasteiger partial charge in [0.1, 0.15) is 22.7 Å². The van der Waals surface area contributed by atoms with Crippen LogP contribution in [0.1, 0.15) is 16.6 Å². The molecular formula is C26H21N9OS. The summed E-state index contributed by atoms with van der Waals surface area (Å²) in [6, 6.07) is 9.91. The highest BCUT2D eigenvalue weighted by Crippen LogP contribution is 2.36. The molecule has 4 N–H and O–H groups in total. The van der Waals surface area contributed by atoms with E-state index in [-0.39, 0.29) is 11.8 Å². The second-order valence-corrected chi connectivity index (χ2v) is 10.2. The summed E-state index contributed by atoms with van der Waals surface area (Å²) in [5.41, 5.74) is 12.2. The van der Waals surface area contributed by atoms with Gasteiger partial charge in [-0.1, -0.05) is 0 Å². The molecule has 6 aromatic rings. The van der Waals surface area contributed by atoms with Crippen LogP contribution in [0.15, 0.2) is 55.1 Å². The number of hydrogen-bond acceptors (Lipinski definition) is 9. The van der Waals surface area contributed by atoms with Gasteiger partial charge in [-0.3, -0.25) is 19.9 Å². The number of pyridine rings is 2. The van der Waals surface area contributed by atoms with Crippen molar-refractivity contribution >= 4 is 44.9 Å². The number of nitrogens with two attached hydrogens (primary N) is 1. The van der Waals surface area contributed by atoms with E-state index in [0.717, 1.165) is 61.9 Å². The maximum absolute atomic E-state index is 11.8. The first kappa shape index (κ1) is 21.8. The van der Waals surface area contributed by atoms with Gasteiger partial charge in [0.25, 0.3) is 0 Å². The van der Waals surface area contributed by atoms with Crippen molar-refractivity contribution in [3.63, 3.8) is 0 Å². The van der Waals surface area contributed by atoms with Gasteiger partial charge in [0.05, 0.1) is 45.9 Å². The lowest BCUT2D eigenvalue weighted by Crippen LogP contribution is -2.56. The molecule has 182 valence electrons. The molecule has 6 aromatic heterocycles. The van der Waals surface area contributed by atoms with Crippen molar-refractivity contribution in [1.29, 1.82) is 0 Å². The van der Waals surface area contributed by atoms with E-state index in [0.29, 0.717) is 17.1 Å². The number of fused-ring (bicyclic) bond motifs is 2. The van der Waals surface area contributed by atoms with Gasteiger partial charge in [-0.15, -0.1) is 11.3 Å². The molecule has 7 heterocycles. The third-order valence-electron chi connectivity index (χ3n) is 6.54. The van der Waals surface area contributed by atoms with Gasteiger partial charge in [0.15, 0.2) is 5.78 Å². The van der Waals surface area contributed by atoms with E-state index < -0.39 is 0 Å². The lowest BCUT2D eigenvalue weighted by molar-refractivity contribution is 0.102. The van der Waals surface area contributed by atoms with Crippen LogP contribution in [0, 0.1) is 0 Å². The van der Waals surface area contributed by atoms with E-state index in [1.54, 1.807) is 25.5 Å². The fourth-order valence-electron chi connectivity index (χ4n) is 4.61. The van der Waals surface area contributed by atoms with Crippen molar-refractivity contribution in [2.45, 2.75) is 13.0 Å². The summed E-state index contributed by atoms with van der Waals surface area (Å²) in [6.07, 6.45) is 7.08. The molecule has 0 atom stereocenters. The van der Waals surface area contributed by atoms with E-state index in [1.807, 2.05) is 30.5 Å². The third-order valence-corrected chi connectivity index (χ3v) is 7.76. The Kier molecular flexibility index (Phi) is 4.88. The van der Waals surface area contributed by atoms with Crippen LogP contribution in [-0.4, -0.2) is 60.0 Å². The minimum absolute atomic E-state index is 0.0553. The molecule has 0 unspecified atom stereocenters. The van der Waals surface area contributed by atoms with E-state index >= 15 is 0 Å². The molecule has 0 aliphatic carbocycles. The van der Waals surface area contributed by atoms with Crippen molar-refractivity contribution in [2.24, 2.45) is 5.73 Å². The molecule has 1 fully saturated rings. The molecule has 0 spiro atoms. The summed E-state index contributed by atoms with van der Waals surface area (Å²) in [5, 5.41) is 8.65. The topological polar surface area (TPSA) is 142 Å². The largest absolute Gasteiger partial charge is 0.352 e. The number of nitrogens with zero attached hydrogens (tertiary/aromatic N) is 6. The summed E-state index contributed by atoms with van der Waals surface area (Å²) in [6.45, 7) is 3.12. The van der Waals surface area contributed by atoms with Crippen LogP contribution in [0.3, 0.4) is 0 Å². The molecule has 0 amide bonds. The smallest absolute Gasteiger partial charge is 0.169 e. The Morgan fingerprint density at radius 1 is 1.03 bits per heavy atom. The monoisotopic (exact) mass is 507 g/mol. The van der Waals surface area contributed by atoms with Crippen molar-refractivity contribution in [3.8, 4) is 33.2 Å². The number of carbonyl (C=O) groups is 1. The molecule has 11 heteroatoms. The SMILES string of the molecule is CC(=O)c1ccc(-c2cncc3[nH]c(-c4n[nH]c5ccc(-c6cncc(N7CC(N)C7)n6)nc45)cc23)s1. The first-order chi connectivity index (χ1) is 18.0. The van der Waals surface area contributed by atoms with Crippen molar-refractivity contribution < 1.29 is 4.79 Å². The number of thiophene rings is 1. The van der Waals surface area contributed by atoms with Gasteiger partial charge in [0.2, 0.25) is 0 Å². The van der Waals surface area contributed by atoms with E-state index in [9.17, 15) is 4.79 Å². The van der Waals surface area contributed by atoms with Crippen LogP contribution in [0.2, 0.25) is 0 Å². The molecule has 7 rings (SSSR count). The van der Waals surface area contributed by atoms with Crippen LogP contribution in [-0.2, 0) is 0 Å². The van der Waals surface area contributed by atoms with Crippen LogP contribution in [0.5, 0.6) is 0 Å². The summed E-state index contributed by atoms with van der Waals surface area (Å²) >= 11 is 1.47. The number of aromatic nitrogens is 7. The quantitative estimate of drug-likeness (QED) is 0.297. The van der Waals surface area contributed by atoms with Crippen LogP contribution < -0.4 is 10.6 Å². The fraction of sp³-hybridized carbons (Fsp3) is 0.154. The Hall–Kier alpha value is -4.48. The highest BCUT2D eigenvalue weighted by Gasteiger charge is 2.25. The number of carbonyl (C=O) groups excluding carboxylic acids is 1. The van der Waals surface area contributed by atoms with Gasteiger partial charge >= 0.3 is 0 Å². The second-order valence-electron chi connectivity index (χ2n) is 9.14. The minimum atomic E-state index is 0.0553. The van der Waals surface area contributed by atoms with E-state index in [2.05, 4.69) is 36.1 Å². The van der Waals surface area contributed by atoms with Gasteiger partial charge in [-0.2, -0.15) is 5.10 Å². The van der Waals surface area contributed by atoms with Gasteiger partial charge in [-0.05, 0) is 37.3 Å². The zero-order chi connectivity index (χ0) is 25.1. The molecule has 1 aliphatic rings. The first-order valence-electron chi connectivity index (χ1n) is 11.8. The average Bonchev–Trinajstić information content (AvgIpc) is 3.64. The highest BCUT2D eigenvalue weighted by atomic mass is 32.1. The maximum atomic E-state index is 11.8. The lowest BCUT2D eigenvalue weighted by Gasteiger charge is -2.37. The Labute approximate surface area is 214 Å². The number of ketones is 1. The fourth-order valence-corrected chi connectivity index (χ4v) is 5.53. The number of Topliss-reactive ketones (excluding diaryl/α,β-unsaturated/α-hetero) is 1. The molecule has 0 bridgehead atoms. The van der Waals surface area contributed by atoms with Crippen LogP contribution >= 0.6 is 11.3 Å². The summed E-state index contributed by atoms with van der Waals surface area (Å²) in [7, 11) is 0. The number of aromatic amines is 2. The highest BCUT2D eigenvalue weighted by molar-refractivity contribution is 7.17. The molecular weight excluding hydrogens is 486 g/mol. The summed E-state index contributed by atoms with van der Waals surface area (Å²) in [5.74, 6) is 0.852. The minimum Gasteiger partial charge on any atom is -0.352 e. The Bertz CT molecular complexity index is 1810. The number of H-pyrrole nitrogens is 2. The number of anilines is 1. The molecule has 10 nitrogen and oxygen atoms in total. The van der Waals surface area contributed by atoms with Gasteiger partial charge < -0.3 is 15.6 Å². The molecule has 0 saturated carbocycles.